The van der Waals surface area contributed by atoms with Gasteiger partial charge in [0.2, 0.25) is 10.0 Å². The number of sulfonamides is 1. The molecule has 1 aromatic rings. The van der Waals surface area contributed by atoms with Gasteiger partial charge in [0.1, 0.15) is 4.90 Å². The number of carboxylic acid groups (broad SMARTS) is 1. The van der Waals surface area contributed by atoms with E-state index in [1.165, 1.54) is 0 Å². The van der Waals surface area contributed by atoms with E-state index in [1.54, 1.807) is 6.92 Å². The smallest absolute Gasteiger partial charge is 0.411 e. The third-order valence-electron chi connectivity index (χ3n) is 2.12. The fraction of sp³-hybridized carbons (Fsp3) is 0.200. The lowest BCUT2D eigenvalue weighted by Gasteiger charge is -2.11. The molecule has 0 aromatic heterocycles. The highest BCUT2D eigenvalue weighted by Gasteiger charge is 2.21. The van der Waals surface area contributed by atoms with Crippen LogP contribution in [0.1, 0.15) is 17.3 Å². The highest BCUT2D eigenvalue weighted by molar-refractivity contribution is 7.89. The normalized spacial score (nSPS) is 10.9. The summed E-state index contributed by atoms with van der Waals surface area (Å²) in [4.78, 5) is 21.8. The predicted molar refractivity (Wildman–Crippen MR) is 70.4 cm³/mol. The monoisotopic (exact) mass is 322 g/mol. The standard InChI is InChI=1S/C10H11ClN2O6S/c1-2-19-10(16)13-7-4-6(11)8(20(12,17)18)3-5(7)9(14)15/h3-4H,2H2,1H3,(H,13,16)(H,14,15)(H2,12,17,18). The van der Waals surface area contributed by atoms with Crippen molar-refractivity contribution in [2.45, 2.75) is 11.8 Å². The second kappa shape index (κ2) is 6.07. The summed E-state index contributed by atoms with van der Waals surface area (Å²) >= 11 is 5.71. The van der Waals surface area contributed by atoms with Crippen molar-refractivity contribution < 1.29 is 27.9 Å². The number of carbonyl (C=O) groups excluding carboxylic acids is 1. The van der Waals surface area contributed by atoms with Crippen LogP contribution in [0, 0.1) is 0 Å². The summed E-state index contributed by atoms with van der Waals surface area (Å²) in [6, 6.07) is 1.74. The second-order valence-electron chi connectivity index (χ2n) is 3.52. The summed E-state index contributed by atoms with van der Waals surface area (Å²) in [5.41, 5.74) is -0.681. The Kier molecular flexibility index (Phi) is 4.93. The van der Waals surface area contributed by atoms with Crippen LogP contribution in [0.2, 0.25) is 5.02 Å². The molecule has 0 unspecified atom stereocenters. The lowest BCUT2D eigenvalue weighted by Crippen LogP contribution is -2.18. The zero-order valence-electron chi connectivity index (χ0n) is 10.2. The van der Waals surface area contributed by atoms with Gasteiger partial charge in [0.25, 0.3) is 0 Å². The molecule has 0 heterocycles. The molecule has 0 fully saturated rings. The number of carbonyl (C=O) groups is 2. The van der Waals surface area contributed by atoms with Gasteiger partial charge in [0.15, 0.2) is 0 Å². The zero-order chi connectivity index (χ0) is 15.5. The maximum absolute atomic E-state index is 11.3. The quantitative estimate of drug-likeness (QED) is 0.763. The Balaban J connectivity index is 3.36. The molecule has 110 valence electrons. The number of aromatic carboxylic acids is 1. The van der Waals surface area contributed by atoms with Crippen LogP contribution >= 0.6 is 11.6 Å². The summed E-state index contributed by atoms with van der Waals surface area (Å²) in [6.07, 6.45) is -0.894. The second-order valence-corrected chi connectivity index (χ2v) is 5.46. The molecular weight excluding hydrogens is 312 g/mol. The molecule has 20 heavy (non-hydrogen) atoms. The lowest BCUT2D eigenvalue weighted by atomic mass is 10.2. The highest BCUT2D eigenvalue weighted by atomic mass is 35.5. The van der Waals surface area contributed by atoms with Crippen molar-refractivity contribution in [3.8, 4) is 0 Å². The first-order valence-corrected chi connectivity index (χ1v) is 7.12. The number of rotatable bonds is 4. The largest absolute Gasteiger partial charge is 0.478 e. The summed E-state index contributed by atoms with van der Waals surface area (Å²) in [6.45, 7) is 1.64. The fourth-order valence-corrected chi connectivity index (χ4v) is 2.43. The van der Waals surface area contributed by atoms with Crippen LogP contribution < -0.4 is 10.5 Å². The van der Waals surface area contributed by atoms with Crippen LogP contribution in [0.15, 0.2) is 17.0 Å². The molecule has 0 aliphatic rings. The molecule has 0 spiro atoms. The van der Waals surface area contributed by atoms with Gasteiger partial charge >= 0.3 is 12.1 Å². The number of amides is 1. The van der Waals surface area contributed by atoms with E-state index in [0.29, 0.717) is 0 Å². The Bertz CT molecular complexity index is 658. The number of hydrogen-bond donors (Lipinski definition) is 3. The Morgan fingerprint density at radius 1 is 1.45 bits per heavy atom. The number of primary sulfonamides is 1. The van der Waals surface area contributed by atoms with Gasteiger partial charge in [-0.25, -0.2) is 23.1 Å². The number of hydrogen-bond acceptors (Lipinski definition) is 5. The number of nitrogens with two attached hydrogens (primary N) is 1. The topological polar surface area (TPSA) is 136 Å². The minimum atomic E-state index is -4.18. The first kappa shape index (κ1) is 16.2. The molecule has 4 N–H and O–H groups in total. The van der Waals surface area contributed by atoms with Crippen LogP contribution in [0.3, 0.4) is 0 Å². The van der Waals surface area contributed by atoms with Gasteiger partial charge in [0, 0.05) is 0 Å². The average molecular weight is 323 g/mol. The number of nitrogens with one attached hydrogen (secondary N) is 1. The molecular formula is C10H11ClN2O6S. The van der Waals surface area contributed by atoms with Gasteiger partial charge in [-0.1, -0.05) is 11.6 Å². The predicted octanol–water partition coefficient (Wildman–Crippen LogP) is 1.25. The van der Waals surface area contributed by atoms with Crippen LogP contribution in [0.25, 0.3) is 0 Å². The van der Waals surface area contributed by atoms with Crippen LogP contribution in [0.4, 0.5) is 10.5 Å². The first-order chi connectivity index (χ1) is 9.16. The number of benzene rings is 1. The van der Waals surface area contributed by atoms with E-state index < -0.39 is 32.5 Å². The Labute approximate surface area is 119 Å². The summed E-state index contributed by atoms with van der Waals surface area (Å²) in [5.74, 6) is -1.46. The zero-order valence-corrected chi connectivity index (χ0v) is 11.8. The van der Waals surface area contributed by atoms with E-state index in [1.807, 2.05) is 0 Å². The molecule has 8 nitrogen and oxygen atoms in total. The minimum absolute atomic E-state index is 0.0806. The summed E-state index contributed by atoms with van der Waals surface area (Å²) < 4.78 is 27.1. The Hall–Kier alpha value is -1.84. The van der Waals surface area contributed by atoms with E-state index in [4.69, 9.17) is 21.8 Å². The first-order valence-electron chi connectivity index (χ1n) is 5.20. The van der Waals surface area contributed by atoms with Crippen molar-refractivity contribution in [3.05, 3.63) is 22.7 Å². The van der Waals surface area contributed by atoms with E-state index in [9.17, 15) is 18.0 Å². The Morgan fingerprint density at radius 2 is 2.05 bits per heavy atom. The van der Waals surface area contributed by atoms with Crippen LogP contribution in [-0.4, -0.2) is 32.2 Å². The summed E-state index contributed by atoms with van der Waals surface area (Å²) in [5, 5.41) is 15.8. The maximum Gasteiger partial charge on any atom is 0.411 e. The number of anilines is 1. The maximum atomic E-state index is 11.3. The van der Waals surface area contributed by atoms with Gasteiger partial charge in [-0.2, -0.15) is 0 Å². The third-order valence-corrected chi connectivity index (χ3v) is 3.50. The van der Waals surface area contributed by atoms with Gasteiger partial charge in [-0.15, -0.1) is 0 Å². The molecule has 0 saturated heterocycles. The molecule has 0 bridgehead atoms. The van der Waals surface area contributed by atoms with Crippen molar-refractivity contribution >= 4 is 39.4 Å². The van der Waals surface area contributed by atoms with Crippen molar-refractivity contribution in [1.82, 2.24) is 0 Å². The van der Waals surface area contributed by atoms with Gasteiger partial charge in [0.05, 0.1) is 22.9 Å². The molecule has 0 aliphatic heterocycles. The molecule has 1 rings (SSSR count). The number of halogens is 1. The Morgan fingerprint density at radius 3 is 2.50 bits per heavy atom. The lowest BCUT2D eigenvalue weighted by molar-refractivity contribution is 0.0698. The van der Waals surface area contributed by atoms with Crippen molar-refractivity contribution in [1.29, 1.82) is 0 Å². The minimum Gasteiger partial charge on any atom is -0.478 e. The van der Waals surface area contributed by atoms with Crippen LogP contribution in [0.5, 0.6) is 0 Å². The van der Waals surface area contributed by atoms with Gasteiger partial charge in [-0.05, 0) is 19.1 Å². The van der Waals surface area contributed by atoms with E-state index >= 15 is 0 Å². The number of carboxylic acids is 1. The average Bonchev–Trinajstić information content (AvgIpc) is 2.26. The molecule has 1 amide bonds. The van der Waals surface area contributed by atoms with Gasteiger partial charge in [-0.3, -0.25) is 5.32 Å². The molecule has 0 aliphatic carbocycles. The van der Waals surface area contributed by atoms with E-state index in [-0.39, 0.29) is 17.3 Å². The number of ether oxygens (including phenoxy) is 1. The van der Waals surface area contributed by atoms with Crippen molar-refractivity contribution in [2.75, 3.05) is 11.9 Å². The van der Waals surface area contributed by atoms with Gasteiger partial charge < -0.3 is 9.84 Å². The van der Waals surface area contributed by atoms with Crippen molar-refractivity contribution in [3.63, 3.8) is 0 Å². The van der Waals surface area contributed by atoms with Crippen molar-refractivity contribution in [2.24, 2.45) is 5.14 Å². The summed E-state index contributed by atoms with van der Waals surface area (Å²) in [7, 11) is -4.18. The molecule has 10 heteroatoms. The molecule has 0 atom stereocenters. The molecule has 0 saturated carbocycles. The molecule has 1 aromatic carbocycles. The van der Waals surface area contributed by atoms with Crippen LogP contribution in [-0.2, 0) is 14.8 Å². The third kappa shape index (κ3) is 3.83. The van der Waals surface area contributed by atoms with E-state index in [2.05, 4.69) is 10.1 Å². The SMILES string of the molecule is CCOC(=O)Nc1cc(Cl)c(S(N)(=O)=O)cc1C(=O)O. The fourth-order valence-electron chi connectivity index (χ4n) is 1.33. The molecule has 0 radical (unpaired) electrons. The van der Waals surface area contributed by atoms with E-state index in [0.717, 1.165) is 12.1 Å². The highest BCUT2D eigenvalue weighted by Crippen LogP contribution is 2.28.